The number of hydrogen-bond acceptors (Lipinski definition) is 5. The fourth-order valence-electron chi connectivity index (χ4n) is 2.77. The van der Waals surface area contributed by atoms with Crippen LogP contribution in [-0.2, 0) is 17.9 Å². The predicted octanol–water partition coefficient (Wildman–Crippen LogP) is 5.23. The fourth-order valence-corrected chi connectivity index (χ4v) is 4.07. The highest BCUT2D eigenvalue weighted by atomic mass is 35.5. The third-order valence-electron chi connectivity index (χ3n) is 4.49. The average molecular weight is 513 g/mol. The van der Waals surface area contributed by atoms with Crippen molar-refractivity contribution in [2.75, 3.05) is 11.1 Å². The van der Waals surface area contributed by atoms with Gasteiger partial charge in [0.15, 0.2) is 11.0 Å². The molecule has 0 spiro atoms. The Balaban J connectivity index is 1.57. The van der Waals surface area contributed by atoms with Crippen molar-refractivity contribution >= 4 is 64.1 Å². The number of amides is 2. The quantitative estimate of drug-likeness (QED) is 0.404. The number of benzene rings is 2. The van der Waals surface area contributed by atoms with E-state index in [0.717, 1.165) is 5.56 Å². The van der Waals surface area contributed by atoms with Crippen LogP contribution in [0, 0.1) is 6.92 Å². The van der Waals surface area contributed by atoms with Gasteiger partial charge >= 0.3 is 0 Å². The zero-order valence-electron chi connectivity index (χ0n) is 17.3. The van der Waals surface area contributed by atoms with Crippen molar-refractivity contribution in [1.29, 1.82) is 0 Å². The molecule has 2 aromatic carbocycles. The summed E-state index contributed by atoms with van der Waals surface area (Å²) in [6, 6.07) is 10.0. The van der Waals surface area contributed by atoms with Crippen molar-refractivity contribution in [3.8, 4) is 0 Å². The Kier molecular flexibility index (Phi) is 8.42. The number of carbonyl (C=O) groups excluding carboxylic acids is 2. The van der Waals surface area contributed by atoms with Gasteiger partial charge in [-0.15, -0.1) is 10.2 Å². The maximum absolute atomic E-state index is 12.4. The smallest absolute Gasteiger partial charge is 0.251 e. The van der Waals surface area contributed by atoms with E-state index < -0.39 is 0 Å². The van der Waals surface area contributed by atoms with E-state index in [1.54, 1.807) is 24.3 Å². The van der Waals surface area contributed by atoms with Gasteiger partial charge in [0, 0.05) is 22.8 Å². The summed E-state index contributed by atoms with van der Waals surface area (Å²) >= 11 is 19.2. The molecule has 2 N–H and O–H groups in total. The normalized spacial score (nSPS) is 10.8. The van der Waals surface area contributed by atoms with Gasteiger partial charge in [-0.1, -0.05) is 52.6 Å². The average Bonchev–Trinajstić information content (AvgIpc) is 3.16. The Morgan fingerprint density at radius 1 is 1.03 bits per heavy atom. The number of halogens is 3. The highest BCUT2D eigenvalue weighted by molar-refractivity contribution is 7.99. The van der Waals surface area contributed by atoms with Crippen LogP contribution in [0.15, 0.2) is 41.6 Å². The number of carbonyl (C=O) groups is 2. The number of anilines is 1. The zero-order chi connectivity index (χ0) is 23.3. The number of hydrogen-bond donors (Lipinski definition) is 2. The van der Waals surface area contributed by atoms with Crippen LogP contribution in [0.2, 0.25) is 15.1 Å². The highest BCUT2D eigenvalue weighted by Gasteiger charge is 2.15. The minimum absolute atomic E-state index is 0.152. The molecular weight excluding hydrogens is 493 g/mol. The lowest BCUT2D eigenvalue weighted by molar-refractivity contribution is -0.113. The van der Waals surface area contributed by atoms with Crippen molar-refractivity contribution in [2.45, 2.75) is 32.1 Å². The van der Waals surface area contributed by atoms with Crippen molar-refractivity contribution in [3.05, 3.63) is 68.4 Å². The van der Waals surface area contributed by atoms with E-state index in [9.17, 15) is 9.59 Å². The van der Waals surface area contributed by atoms with Crippen LogP contribution < -0.4 is 10.6 Å². The number of thioether (sulfide) groups is 1. The van der Waals surface area contributed by atoms with E-state index in [1.165, 1.54) is 17.8 Å². The summed E-state index contributed by atoms with van der Waals surface area (Å²) in [5.41, 5.74) is 1.96. The van der Waals surface area contributed by atoms with Gasteiger partial charge in [0.1, 0.15) is 0 Å². The van der Waals surface area contributed by atoms with Gasteiger partial charge in [0.2, 0.25) is 5.91 Å². The second-order valence-electron chi connectivity index (χ2n) is 6.76. The summed E-state index contributed by atoms with van der Waals surface area (Å²) < 4.78 is 1.84. The summed E-state index contributed by atoms with van der Waals surface area (Å²) in [4.78, 5) is 24.7. The molecule has 0 aliphatic carbocycles. The number of nitrogens with zero attached hydrogens (tertiary/aromatic N) is 3. The molecule has 2 amide bonds. The predicted molar refractivity (Wildman–Crippen MR) is 129 cm³/mol. The minimum Gasteiger partial charge on any atom is -0.345 e. The molecule has 1 heterocycles. The van der Waals surface area contributed by atoms with E-state index in [2.05, 4.69) is 20.8 Å². The second-order valence-corrected chi connectivity index (χ2v) is 8.92. The highest BCUT2D eigenvalue weighted by Crippen LogP contribution is 2.23. The Hall–Kier alpha value is -2.26. The monoisotopic (exact) mass is 511 g/mol. The molecule has 3 aromatic rings. The van der Waals surface area contributed by atoms with Crippen molar-refractivity contribution < 1.29 is 9.59 Å². The van der Waals surface area contributed by atoms with Crippen LogP contribution in [0.25, 0.3) is 0 Å². The first-order chi connectivity index (χ1) is 15.3. The number of rotatable bonds is 8. The molecule has 0 aliphatic rings. The van der Waals surface area contributed by atoms with E-state index in [4.69, 9.17) is 34.8 Å². The van der Waals surface area contributed by atoms with Gasteiger partial charge in [0.05, 0.1) is 22.3 Å². The molecule has 0 unspecified atom stereocenters. The lowest BCUT2D eigenvalue weighted by Gasteiger charge is -2.09. The largest absolute Gasteiger partial charge is 0.345 e. The number of aryl methyl sites for hydroxylation is 1. The lowest BCUT2D eigenvalue weighted by atomic mass is 10.2. The second kappa shape index (κ2) is 11.0. The Bertz CT molecular complexity index is 1150. The molecule has 0 fully saturated rings. The van der Waals surface area contributed by atoms with Crippen LogP contribution >= 0.6 is 46.6 Å². The third kappa shape index (κ3) is 6.16. The van der Waals surface area contributed by atoms with E-state index in [-0.39, 0.29) is 24.1 Å². The molecule has 0 aliphatic heterocycles. The summed E-state index contributed by atoms with van der Waals surface area (Å²) in [6.45, 7) is 4.59. The van der Waals surface area contributed by atoms with Gasteiger partial charge in [-0.3, -0.25) is 9.59 Å². The maximum Gasteiger partial charge on any atom is 0.251 e. The number of aromatic nitrogens is 3. The fraction of sp³-hybridized carbons (Fsp3) is 0.238. The molecule has 0 bridgehead atoms. The van der Waals surface area contributed by atoms with Crippen LogP contribution in [0.3, 0.4) is 0 Å². The van der Waals surface area contributed by atoms with E-state index in [0.29, 0.717) is 43.8 Å². The van der Waals surface area contributed by atoms with Crippen molar-refractivity contribution in [1.82, 2.24) is 20.1 Å². The van der Waals surface area contributed by atoms with Gasteiger partial charge < -0.3 is 15.2 Å². The summed E-state index contributed by atoms with van der Waals surface area (Å²) in [5, 5.41) is 15.8. The maximum atomic E-state index is 12.4. The van der Waals surface area contributed by atoms with Gasteiger partial charge in [-0.25, -0.2) is 0 Å². The SMILES string of the molecule is CCn1c(CNC(=O)c2ccc(Cl)c(Cl)c2)nnc1SCC(=O)Nc1ccc(C)c(Cl)c1. The standard InChI is InChI=1S/C21H20Cl3N5O2S/c1-3-29-18(10-25-20(31)13-5-7-15(22)17(24)8-13)27-28-21(29)32-11-19(30)26-14-6-4-12(2)16(23)9-14/h4-9H,3,10-11H2,1-2H3,(H,25,31)(H,26,30). The van der Waals surface area contributed by atoms with Crippen molar-refractivity contribution in [3.63, 3.8) is 0 Å². The minimum atomic E-state index is -0.306. The first-order valence-electron chi connectivity index (χ1n) is 9.62. The van der Waals surface area contributed by atoms with Gasteiger partial charge in [-0.2, -0.15) is 0 Å². The van der Waals surface area contributed by atoms with Crippen LogP contribution in [0.1, 0.15) is 28.7 Å². The first-order valence-corrected chi connectivity index (χ1v) is 11.7. The molecule has 0 radical (unpaired) electrons. The molecule has 1 aromatic heterocycles. The summed E-state index contributed by atoms with van der Waals surface area (Å²) in [6.07, 6.45) is 0. The Morgan fingerprint density at radius 2 is 1.81 bits per heavy atom. The summed E-state index contributed by atoms with van der Waals surface area (Å²) in [5.74, 6) is 0.239. The molecule has 7 nitrogen and oxygen atoms in total. The van der Waals surface area contributed by atoms with E-state index >= 15 is 0 Å². The van der Waals surface area contributed by atoms with Gasteiger partial charge in [-0.05, 0) is 49.7 Å². The molecule has 11 heteroatoms. The number of nitrogens with one attached hydrogen (secondary N) is 2. The topological polar surface area (TPSA) is 88.9 Å². The lowest BCUT2D eigenvalue weighted by Crippen LogP contribution is -2.24. The molecule has 168 valence electrons. The molecular formula is C21H20Cl3N5O2S. The first kappa shape index (κ1) is 24.4. The molecule has 0 atom stereocenters. The van der Waals surface area contributed by atoms with E-state index in [1.807, 2.05) is 24.5 Å². The van der Waals surface area contributed by atoms with Crippen LogP contribution in [0.5, 0.6) is 0 Å². The zero-order valence-corrected chi connectivity index (χ0v) is 20.4. The van der Waals surface area contributed by atoms with Crippen LogP contribution in [0.4, 0.5) is 5.69 Å². The molecule has 32 heavy (non-hydrogen) atoms. The molecule has 3 rings (SSSR count). The Labute approximate surface area is 204 Å². The van der Waals surface area contributed by atoms with Crippen LogP contribution in [-0.4, -0.2) is 32.3 Å². The summed E-state index contributed by atoms with van der Waals surface area (Å²) in [7, 11) is 0. The van der Waals surface area contributed by atoms with Gasteiger partial charge in [0.25, 0.3) is 5.91 Å². The Morgan fingerprint density at radius 3 is 2.50 bits per heavy atom. The molecule has 0 saturated heterocycles. The van der Waals surface area contributed by atoms with Crippen molar-refractivity contribution in [2.24, 2.45) is 0 Å². The molecule has 0 saturated carbocycles. The third-order valence-corrected chi connectivity index (χ3v) is 6.60.